The van der Waals surface area contributed by atoms with Gasteiger partial charge in [-0.1, -0.05) is 0 Å². The number of hydrogen-bond donors (Lipinski definition) is 3. The quantitative estimate of drug-likeness (QED) is 0.302. The molecule has 0 spiro atoms. The molecule has 2 fully saturated rings. The highest BCUT2D eigenvalue weighted by molar-refractivity contribution is 5.97. The summed E-state index contributed by atoms with van der Waals surface area (Å²) in [6.07, 6.45) is 5.39. The molecule has 5 N–H and O–H groups in total. The van der Waals surface area contributed by atoms with E-state index in [2.05, 4.69) is 21.5 Å². The van der Waals surface area contributed by atoms with Crippen LogP contribution in [0.4, 0.5) is 0 Å². The molecule has 2 aliphatic rings. The van der Waals surface area contributed by atoms with E-state index in [-0.39, 0.29) is 11.9 Å². The summed E-state index contributed by atoms with van der Waals surface area (Å²) in [6.45, 7) is 1.40. The second-order valence-electron chi connectivity index (χ2n) is 8.02. The van der Waals surface area contributed by atoms with Gasteiger partial charge >= 0.3 is 0 Å². The zero-order valence-corrected chi connectivity index (χ0v) is 17.0. The number of fused-ring (bicyclic) bond motifs is 1. The fourth-order valence-electron chi connectivity index (χ4n) is 4.03. The summed E-state index contributed by atoms with van der Waals surface area (Å²) in [7, 11) is 1.69. The zero-order valence-electron chi connectivity index (χ0n) is 17.0. The van der Waals surface area contributed by atoms with Crippen molar-refractivity contribution < 1.29 is 4.79 Å². The van der Waals surface area contributed by atoms with E-state index in [1.807, 2.05) is 23.1 Å². The number of hydrazine groups is 1. The number of likely N-dealkylation sites (tertiary alicyclic amines) is 1. The predicted molar refractivity (Wildman–Crippen MR) is 114 cm³/mol. The van der Waals surface area contributed by atoms with Crippen molar-refractivity contribution in [3.8, 4) is 6.07 Å². The molecule has 1 aliphatic heterocycles. The number of piperidine rings is 1. The monoisotopic (exact) mass is 406 g/mol. The molecule has 0 radical (unpaired) electrons. The van der Waals surface area contributed by atoms with Gasteiger partial charge in [-0.3, -0.25) is 14.8 Å². The summed E-state index contributed by atoms with van der Waals surface area (Å²) in [5.74, 6) is 12.0. The maximum Gasteiger partial charge on any atom is 0.253 e. The smallest absolute Gasteiger partial charge is 0.253 e. The molecule has 2 aromatic rings. The van der Waals surface area contributed by atoms with Crippen LogP contribution in [-0.2, 0) is 0 Å². The van der Waals surface area contributed by atoms with Gasteiger partial charge in [0, 0.05) is 37.8 Å². The number of carbonyl (C=O) groups excluding carboxylic acids is 1. The Balaban J connectivity index is 1.44. The predicted octanol–water partition coefficient (Wildman–Crippen LogP) is 1.21. The van der Waals surface area contributed by atoms with Crippen LogP contribution < -0.4 is 17.0 Å². The Kier molecular flexibility index (Phi) is 5.42. The van der Waals surface area contributed by atoms with Crippen LogP contribution in [0.1, 0.15) is 53.1 Å². The van der Waals surface area contributed by atoms with Gasteiger partial charge in [0.1, 0.15) is 0 Å². The highest BCUT2D eigenvalue weighted by atomic mass is 16.1. The summed E-state index contributed by atoms with van der Waals surface area (Å²) >= 11 is 0. The fraction of sp³-hybridized carbons (Fsp3) is 0.429. The number of carbonyl (C=O) groups is 1. The number of rotatable bonds is 3. The third-order valence-electron chi connectivity index (χ3n) is 5.80. The van der Waals surface area contributed by atoms with Gasteiger partial charge < -0.3 is 16.1 Å². The number of nitriles is 1. The molecule has 1 saturated heterocycles. The number of nitrogens with one attached hydrogen (secondary N) is 1. The van der Waals surface area contributed by atoms with E-state index in [4.69, 9.17) is 11.7 Å². The SMILES string of the molecule is CN(N)/C(=N\N)N1CCC(NC(=O)c2cnc3cc(C4CC4)c(C#N)cc3c2)CC1. The molecule has 30 heavy (non-hydrogen) atoms. The molecule has 1 amide bonds. The number of pyridine rings is 1. The summed E-state index contributed by atoms with van der Waals surface area (Å²) < 4.78 is 0. The number of nitrogens with two attached hydrogens (primary N) is 2. The average Bonchev–Trinajstić information content (AvgIpc) is 3.59. The Bertz CT molecular complexity index is 1030. The number of amides is 1. The van der Waals surface area contributed by atoms with Gasteiger partial charge in [0.2, 0.25) is 5.96 Å². The van der Waals surface area contributed by atoms with Crippen LogP contribution in [0.25, 0.3) is 10.9 Å². The minimum absolute atomic E-state index is 0.0541. The van der Waals surface area contributed by atoms with E-state index >= 15 is 0 Å². The molecular weight excluding hydrogens is 380 g/mol. The van der Waals surface area contributed by atoms with Crippen molar-refractivity contribution >= 4 is 22.8 Å². The van der Waals surface area contributed by atoms with Crippen molar-refractivity contribution in [2.75, 3.05) is 20.1 Å². The van der Waals surface area contributed by atoms with Gasteiger partial charge in [0.15, 0.2) is 0 Å². The third-order valence-corrected chi connectivity index (χ3v) is 5.80. The molecule has 4 rings (SSSR count). The van der Waals surface area contributed by atoms with Crippen LogP contribution in [-0.4, -0.2) is 52.9 Å². The Labute approximate surface area is 175 Å². The van der Waals surface area contributed by atoms with Gasteiger partial charge in [-0.15, -0.1) is 5.10 Å². The standard InChI is InChI=1S/C21H26N8O/c1-28(24)21(27-23)29-6-4-17(5-7-29)26-20(30)16-9-14-8-15(11-22)18(13-2-3-13)10-19(14)25-12-16/h8-10,12-13,17H,2-7,23-24H2,1H3,(H,26,30)/b27-21+. The van der Waals surface area contributed by atoms with E-state index in [1.165, 1.54) is 5.01 Å². The summed E-state index contributed by atoms with van der Waals surface area (Å²) in [4.78, 5) is 19.3. The lowest BCUT2D eigenvalue weighted by molar-refractivity contribution is 0.0920. The van der Waals surface area contributed by atoms with E-state index < -0.39 is 0 Å². The van der Waals surface area contributed by atoms with Crippen LogP contribution in [0.15, 0.2) is 29.5 Å². The molecule has 0 unspecified atom stereocenters. The summed E-state index contributed by atoms with van der Waals surface area (Å²) in [5.41, 5.74) is 3.07. The second-order valence-corrected chi connectivity index (χ2v) is 8.02. The number of aromatic nitrogens is 1. The maximum atomic E-state index is 12.8. The van der Waals surface area contributed by atoms with Crippen molar-refractivity contribution in [3.63, 3.8) is 0 Å². The molecule has 1 aromatic carbocycles. The lowest BCUT2D eigenvalue weighted by Gasteiger charge is -2.35. The molecule has 1 saturated carbocycles. The van der Waals surface area contributed by atoms with Crippen molar-refractivity contribution in [3.05, 3.63) is 41.1 Å². The Morgan fingerprint density at radius 1 is 1.30 bits per heavy atom. The highest BCUT2D eigenvalue weighted by Gasteiger charge is 2.27. The lowest BCUT2D eigenvalue weighted by atomic mass is 10.00. The normalized spacial score (nSPS) is 17.6. The third kappa shape index (κ3) is 4.00. The van der Waals surface area contributed by atoms with Crippen molar-refractivity contribution in [1.82, 2.24) is 20.2 Å². The first kappa shape index (κ1) is 19.9. The first-order valence-corrected chi connectivity index (χ1v) is 10.2. The average molecular weight is 406 g/mol. The number of benzene rings is 1. The van der Waals surface area contributed by atoms with Gasteiger partial charge in [-0.05, 0) is 55.4 Å². The van der Waals surface area contributed by atoms with Gasteiger partial charge in [0.25, 0.3) is 5.91 Å². The van der Waals surface area contributed by atoms with E-state index in [9.17, 15) is 10.1 Å². The van der Waals surface area contributed by atoms with Crippen LogP contribution >= 0.6 is 0 Å². The lowest BCUT2D eigenvalue weighted by Crippen LogP contribution is -2.52. The minimum Gasteiger partial charge on any atom is -0.349 e. The summed E-state index contributed by atoms with van der Waals surface area (Å²) in [5, 5.41) is 18.5. The van der Waals surface area contributed by atoms with Crippen LogP contribution in [0.3, 0.4) is 0 Å². The van der Waals surface area contributed by atoms with Crippen LogP contribution in [0, 0.1) is 11.3 Å². The number of guanidine groups is 1. The molecule has 2 heterocycles. The van der Waals surface area contributed by atoms with E-state index in [0.717, 1.165) is 42.1 Å². The molecule has 156 valence electrons. The van der Waals surface area contributed by atoms with Gasteiger partial charge in [-0.2, -0.15) is 5.26 Å². The minimum atomic E-state index is -0.156. The van der Waals surface area contributed by atoms with Gasteiger partial charge in [-0.25, -0.2) is 5.84 Å². The van der Waals surface area contributed by atoms with Crippen molar-refractivity contribution in [2.45, 2.75) is 37.6 Å². The van der Waals surface area contributed by atoms with E-state index in [0.29, 0.717) is 36.1 Å². The second kappa shape index (κ2) is 8.16. The topological polar surface area (TPSA) is 137 Å². The van der Waals surface area contributed by atoms with Crippen molar-refractivity contribution in [2.24, 2.45) is 16.8 Å². The maximum absolute atomic E-state index is 12.8. The zero-order chi connectivity index (χ0) is 21.3. The Hall–Kier alpha value is -3.38. The molecule has 9 heteroatoms. The Morgan fingerprint density at radius 3 is 2.63 bits per heavy atom. The molecule has 0 atom stereocenters. The largest absolute Gasteiger partial charge is 0.349 e. The number of hydrogen-bond acceptors (Lipinski definition) is 6. The molecule has 1 aromatic heterocycles. The van der Waals surface area contributed by atoms with Crippen LogP contribution in [0.5, 0.6) is 0 Å². The van der Waals surface area contributed by atoms with Gasteiger partial charge in [0.05, 0.1) is 22.7 Å². The number of nitrogens with zero attached hydrogens (tertiary/aromatic N) is 5. The van der Waals surface area contributed by atoms with Crippen LogP contribution in [0.2, 0.25) is 0 Å². The Morgan fingerprint density at radius 2 is 2.03 bits per heavy atom. The molecule has 9 nitrogen and oxygen atoms in total. The molecule has 0 bridgehead atoms. The first-order valence-electron chi connectivity index (χ1n) is 10.2. The fourth-order valence-corrected chi connectivity index (χ4v) is 4.03. The van der Waals surface area contributed by atoms with E-state index in [1.54, 1.807) is 13.2 Å². The van der Waals surface area contributed by atoms with Crippen molar-refractivity contribution in [1.29, 1.82) is 5.26 Å². The molecule has 1 aliphatic carbocycles. The highest BCUT2D eigenvalue weighted by Crippen LogP contribution is 2.42. The number of hydrazone groups is 1. The molecular formula is C21H26N8O. The first-order chi connectivity index (χ1) is 14.5. The summed E-state index contributed by atoms with van der Waals surface area (Å²) in [6, 6.07) is 8.00.